The van der Waals surface area contributed by atoms with Crippen molar-refractivity contribution in [3.8, 4) is 0 Å². The number of unbranched alkanes of at least 4 members (excludes halogenated alkanes) is 2. The van der Waals surface area contributed by atoms with Crippen molar-refractivity contribution in [2.75, 3.05) is 18.5 Å². The van der Waals surface area contributed by atoms with Gasteiger partial charge in [0.1, 0.15) is 23.5 Å². The summed E-state index contributed by atoms with van der Waals surface area (Å²) in [6.07, 6.45) is 5.20. The molecule has 2 heterocycles. The maximum absolute atomic E-state index is 12.7. The monoisotopic (exact) mass is 509 g/mol. The molecule has 2 N–H and O–H groups in total. The Morgan fingerprint density at radius 3 is 2.43 bits per heavy atom. The number of para-hydroxylation sites is 1. The first-order valence-corrected chi connectivity index (χ1v) is 13.4. The smallest absolute Gasteiger partial charge is 0.225 e. The highest BCUT2D eigenvalue weighted by atomic mass is 16.7. The molecule has 0 bridgehead atoms. The van der Waals surface area contributed by atoms with Gasteiger partial charge in [-0.2, -0.15) is 4.73 Å². The molecular formula is C29H43N5O3. The van der Waals surface area contributed by atoms with E-state index in [-0.39, 0.29) is 17.2 Å². The van der Waals surface area contributed by atoms with Crippen molar-refractivity contribution in [3.63, 3.8) is 0 Å². The maximum Gasteiger partial charge on any atom is 0.225 e. The van der Waals surface area contributed by atoms with Crippen LogP contribution in [0.2, 0.25) is 0 Å². The number of amides is 2. The molecular weight excluding hydrogens is 466 g/mol. The van der Waals surface area contributed by atoms with Crippen LogP contribution >= 0.6 is 0 Å². The standard InChI is InChI=1S/C29H43N5O3/c1-8-9-16-23-33-24-25(21-14-10-11-15-22(21)32-26(24)31-20(2)35)34(23)37-18-13-12-17-30-27(36)29(6,7)19-28(3,4)5/h10-11,14-15H,8-9,12-13,16-19H2,1-7H3,(H,30,36)(H,31,32,35). The van der Waals surface area contributed by atoms with Crippen molar-refractivity contribution >= 4 is 39.6 Å². The van der Waals surface area contributed by atoms with Gasteiger partial charge in [0, 0.05) is 30.7 Å². The average molecular weight is 510 g/mol. The Morgan fingerprint density at radius 1 is 1.03 bits per heavy atom. The lowest BCUT2D eigenvalue weighted by molar-refractivity contribution is -0.130. The first-order chi connectivity index (χ1) is 17.4. The SMILES string of the molecule is CCCCc1nc2c(NC(C)=O)nc3ccccc3c2n1OCCCCNC(=O)C(C)(C)CC(C)(C)C. The van der Waals surface area contributed by atoms with Crippen LogP contribution in [0.15, 0.2) is 24.3 Å². The van der Waals surface area contributed by atoms with Crippen LogP contribution in [0.4, 0.5) is 5.82 Å². The number of aromatic nitrogens is 3. The first kappa shape index (κ1) is 28.4. The molecule has 37 heavy (non-hydrogen) atoms. The Balaban J connectivity index is 1.74. The van der Waals surface area contributed by atoms with E-state index in [0.29, 0.717) is 24.5 Å². The van der Waals surface area contributed by atoms with Crippen LogP contribution in [0.5, 0.6) is 0 Å². The van der Waals surface area contributed by atoms with Crippen LogP contribution in [-0.2, 0) is 16.0 Å². The largest absolute Gasteiger partial charge is 0.412 e. The average Bonchev–Trinajstić information content (AvgIpc) is 3.16. The third kappa shape index (κ3) is 7.43. The van der Waals surface area contributed by atoms with Gasteiger partial charge in [-0.1, -0.05) is 66.2 Å². The van der Waals surface area contributed by atoms with Crippen LogP contribution < -0.4 is 15.5 Å². The summed E-state index contributed by atoms with van der Waals surface area (Å²) in [5.74, 6) is 1.17. The van der Waals surface area contributed by atoms with E-state index in [1.807, 2.05) is 42.8 Å². The number of nitrogens with zero attached hydrogens (tertiary/aromatic N) is 3. The van der Waals surface area contributed by atoms with Crippen molar-refractivity contribution in [1.82, 2.24) is 20.0 Å². The van der Waals surface area contributed by atoms with E-state index >= 15 is 0 Å². The van der Waals surface area contributed by atoms with Gasteiger partial charge in [0.2, 0.25) is 11.8 Å². The zero-order chi connectivity index (χ0) is 27.2. The van der Waals surface area contributed by atoms with Gasteiger partial charge in [-0.25, -0.2) is 9.97 Å². The zero-order valence-corrected chi connectivity index (χ0v) is 23.5. The molecule has 2 amide bonds. The summed E-state index contributed by atoms with van der Waals surface area (Å²) < 4.78 is 1.82. The minimum atomic E-state index is -0.403. The quantitative estimate of drug-likeness (QED) is 0.306. The van der Waals surface area contributed by atoms with Crippen LogP contribution in [0, 0.1) is 10.8 Å². The van der Waals surface area contributed by atoms with Gasteiger partial charge in [0.25, 0.3) is 0 Å². The summed E-state index contributed by atoms with van der Waals surface area (Å²) >= 11 is 0. The van der Waals surface area contributed by atoms with E-state index in [4.69, 9.17) is 9.82 Å². The summed E-state index contributed by atoms with van der Waals surface area (Å²) in [6, 6.07) is 7.82. The summed E-state index contributed by atoms with van der Waals surface area (Å²) in [7, 11) is 0. The molecule has 3 rings (SSSR count). The van der Waals surface area contributed by atoms with Crippen molar-refractivity contribution in [1.29, 1.82) is 0 Å². The maximum atomic E-state index is 12.7. The summed E-state index contributed by atoms with van der Waals surface area (Å²) in [5, 5.41) is 6.86. The molecule has 1 aromatic carbocycles. The van der Waals surface area contributed by atoms with Gasteiger partial charge >= 0.3 is 0 Å². The molecule has 0 aliphatic rings. The van der Waals surface area contributed by atoms with E-state index in [1.165, 1.54) is 6.92 Å². The molecule has 3 aromatic rings. The van der Waals surface area contributed by atoms with Crippen molar-refractivity contribution in [2.45, 2.75) is 87.0 Å². The number of imidazole rings is 1. The highest BCUT2D eigenvalue weighted by molar-refractivity contribution is 6.09. The molecule has 8 heteroatoms. The molecule has 202 valence electrons. The second-order valence-electron chi connectivity index (χ2n) is 11.7. The number of aryl methyl sites for hydroxylation is 1. The Bertz CT molecular complexity index is 1240. The fourth-order valence-electron chi connectivity index (χ4n) is 4.91. The molecule has 0 unspecified atom stereocenters. The summed E-state index contributed by atoms with van der Waals surface area (Å²) in [6.45, 7) is 15.2. The highest BCUT2D eigenvalue weighted by Crippen LogP contribution is 2.33. The van der Waals surface area contributed by atoms with Gasteiger partial charge < -0.3 is 15.5 Å². The molecule has 0 saturated heterocycles. The normalized spacial score (nSPS) is 12.2. The van der Waals surface area contributed by atoms with Crippen molar-refractivity contribution < 1.29 is 14.4 Å². The fourth-order valence-corrected chi connectivity index (χ4v) is 4.91. The number of carbonyl (C=O) groups is 2. The minimum absolute atomic E-state index is 0.0928. The molecule has 8 nitrogen and oxygen atoms in total. The third-order valence-corrected chi connectivity index (χ3v) is 6.23. The zero-order valence-electron chi connectivity index (χ0n) is 23.5. The van der Waals surface area contributed by atoms with Gasteiger partial charge in [0.15, 0.2) is 5.82 Å². The topological polar surface area (TPSA) is 98.1 Å². The van der Waals surface area contributed by atoms with Gasteiger partial charge in [0.05, 0.1) is 5.52 Å². The fraction of sp³-hybridized carbons (Fsp3) is 0.586. The van der Waals surface area contributed by atoms with Crippen molar-refractivity contribution in [3.05, 3.63) is 30.1 Å². The second-order valence-corrected chi connectivity index (χ2v) is 11.7. The molecule has 0 aliphatic carbocycles. The molecule has 0 fully saturated rings. The number of hydrogen-bond donors (Lipinski definition) is 2. The van der Waals surface area contributed by atoms with Crippen LogP contribution in [0.1, 0.15) is 86.4 Å². The lowest BCUT2D eigenvalue weighted by Gasteiger charge is -2.31. The van der Waals surface area contributed by atoms with Crippen LogP contribution in [-0.4, -0.2) is 39.7 Å². The number of pyridine rings is 1. The van der Waals surface area contributed by atoms with E-state index in [0.717, 1.165) is 60.8 Å². The summed E-state index contributed by atoms with van der Waals surface area (Å²) in [5.41, 5.74) is 1.91. The minimum Gasteiger partial charge on any atom is -0.412 e. The second kappa shape index (κ2) is 11.9. The first-order valence-electron chi connectivity index (χ1n) is 13.4. The van der Waals surface area contributed by atoms with E-state index in [9.17, 15) is 9.59 Å². The molecule has 0 radical (unpaired) electrons. The summed E-state index contributed by atoms with van der Waals surface area (Å²) in [4.78, 5) is 40.4. The van der Waals surface area contributed by atoms with Gasteiger partial charge in [-0.15, -0.1) is 0 Å². The number of rotatable bonds is 12. The lowest BCUT2D eigenvalue weighted by Crippen LogP contribution is -2.39. The van der Waals surface area contributed by atoms with Crippen molar-refractivity contribution in [2.24, 2.45) is 10.8 Å². The number of hydrogen-bond acceptors (Lipinski definition) is 5. The van der Waals surface area contributed by atoms with Gasteiger partial charge in [-0.05, 0) is 37.2 Å². The Labute approximate surface area is 220 Å². The highest BCUT2D eigenvalue weighted by Gasteiger charge is 2.32. The van der Waals surface area contributed by atoms with E-state index in [2.05, 4.69) is 43.3 Å². The number of carbonyl (C=O) groups excluding carboxylic acids is 2. The number of benzene rings is 1. The van der Waals surface area contributed by atoms with Gasteiger partial charge in [-0.3, -0.25) is 9.59 Å². The molecule has 0 spiro atoms. The van der Waals surface area contributed by atoms with E-state index in [1.54, 1.807) is 0 Å². The number of fused-ring (bicyclic) bond motifs is 3. The molecule has 0 aliphatic heterocycles. The molecule has 0 atom stereocenters. The number of anilines is 1. The van der Waals surface area contributed by atoms with Crippen LogP contribution in [0.25, 0.3) is 21.9 Å². The lowest BCUT2D eigenvalue weighted by atomic mass is 9.76. The predicted molar refractivity (Wildman–Crippen MR) is 149 cm³/mol. The Hall–Kier alpha value is -3.16. The number of nitrogens with one attached hydrogen (secondary N) is 2. The Kier molecular flexibility index (Phi) is 9.16. The predicted octanol–water partition coefficient (Wildman–Crippen LogP) is 5.67. The van der Waals surface area contributed by atoms with E-state index < -0.39 is 5.41 Å². The third-order valence-electron chi connectivity index (χ3n) is 6.23. The Morgan fingerprint density at radius 2 is 1.76 bits per heavy atom. The molecule has 2 aromatic heterocycles. The molecule has 0 saturated carbocycles. The van der Waals surface area contributed by atoms with Crippen LogP contribution in [0.3, 0.4) is 0 Å².